The summed E-state index contributed by atoms with van der Waals surface area (Å²) in [5.74, 6) is 0. The van der Waals surface area contributed by atoms with Gasteiger partial charge in [0.1, 0.15) is 0 Å². The minimum Gasteiger partial charge on any atom is -0.380 e. The van der Waals surface area contributed by atoms with E-state index in [0.29, 0.717) is 6.54 Å². The van der Waals surface area contributed by atoms with Crippen molar-refractivity contribution in [3.63, 3.8) is 0 Å². The van der Waals surface area contributed by atoms with E-state index in [0.717, 1.165) is 30.0 Å². The highest BCUT2D eigenvalue weighted by atomic mass is 14.9. The van der Waals surface area contributed by atoms with Crippen LogP contribution in [0.3, 0.4) is 0 Å². The summed E-state index contributed by atoms with van der Waals surface area (Å²) in [6, 6.07) is 4.09. The maximum absolute atomic E-state index is 5.46. The number of nitrogens with one attached hydrogen (secondary N) is 1. The van der Waals surface area contributed by atoms with Gasteiger partial charge in [-0.2, -0.15) is 0 Å². The Bertz CT molecular complexity index is 331. The summed E-state index contributed by atoms with van der Waals surface area (Å²) in [4.78, 5) is 4.47. The maximum Gasteiger partial charge on any atom is 0.0861 e. The van der Waals surface area contributed by atoms with Crippen molar-refractivity contribution in [3.05, 3.63) is 29.6 Å². The summed E-state index contributed by atoms with van der Waals surface area (Å²) in [5.41, 5.74) is 8.67. The van der Waals surface area contributed by atoms with Gasteiger partial charge in [-0.05, 0) is 24.8 Å². The average molecular weight is 175 g/mol. The maximum atomic E-state index is 5.46. The third-order valence-electron chi connectivity index (χ3n) is 2.07. The van der Waals surface area contributed by atoms with Crippen LogP contribution in [0.2, 0.25) is 0 Å². The number of pyridine rings is 1. The minimum absolute atomic E-state index is 0.656. The second-order valence-electron chi connectivity index (χ2n) is 3.06. The Morgan fingerprint density at radius 2 is 2.38 bits per heavy atom. The molecule has 13 heavy (non-hydrogen) atoms. The van der Waals surface area contributed by atoms with E-state index in [-0.39, 0.29) is 0 Å². The Morgan fingerprint density at radius 1 is 1.46 bits per heavy atom. The lowest BCUT2D eigenvalue weighted by Gasteiger charge is -2.12. The van der Waals surface area contributed by atoms with Gasteiger partial charge >= 0.3 is 0 Å². The highest BCUT2D eigenvalue weighted by Crippen LogP contribution is 2.18. The van der Waals surface area contributed by atoms with Crippen LogP contribution in [-0.4, -0.2) is 18.1 Å². The van der Waals surface area contributed by atoms with E-state index in [2.05, 4.69) is 22.4 Å². The smallest absolute Gasteiger partial charge is 0.0861 e. The molecule has 1 aliphatic rings. The SMILES string of the molecule is NCCc1ccc2c(n1)C=CCN2. The Balaban J connectivity index is 2.31. The Morgan fingerprint density at radius 3 is 3.23 bits per heavy atom. The van der Waals surface area contributed by atoms with Crippen LogP contribution in [0.1, 0.15) is 11.4 Å². The molecule has 2 rings (SSSR count). The molecule has 0 atom stereocenters. The summed E-state index contributed by atoms with van der Waals surface area (Å²) in [6.45, 7) is 1.55. The van der Waals surface area contributed by atoms with Crippen molar-refractivity contribution < 1.29 is 0 Å². The second-order valence-corrected chi connectivity index (χ2v) is 3.06. The number of fused-ring (bicyclic) bond motifs is 1. The molecule has 3 heteroatoms. The molecule has 0 aliphatic carbocycles. The molecule has 3 nitrogen and oxygen atoms in total. The number of nitrogens with two attached hydrogens (primary N) is 1. The molecule has 2 heterocycles. The van der Waals surface area contributed by atoms with Crippen LogP contribution in [-0.2, 0) is 6.42 Å². The fourth-order valence-electron chi connectivity index (χ4n) is 1.42. The van der Waals surface area contributed by atoms with E-state index in [1.54, 1.807) is 0 Å². The van der Waals surface area contributed by atoms with Crippen LogP contribution < -0.4 is 11.1 Å². The van der Waals surface area contributed by atoms with Gasteiger partial charge in [0.15, 0.2) is 0 Å². The molecule has 0 bridgehead atoms. The molecular weight excluding hydrogens is 162 g/mol. The quantitative estimate of drug-likeness (QED) is 0.705. The number of anilines is 1. The van der Waals surface area contributed by atoms with Crippen molar-refractivity contribution in [2.24, 2.45) is 5.73 Å². The molecule has 1 aliphatic heterocycles. The molecular formula is C10H13N3. The molecule has 0 unspecified atom stereocenters. The fourth-order valence-corrected chi connectivity index (χ4v) is 1.42. The van der Waals surface area contributed by atoms with E-state index in [1.165, 1.54) is 0 Å². The lowest BCUT2D eigenvalue weighted by atomic mass is 10.2. The van der Waals surface area contributed by atoms with E-state index < -0.39 is 0 Å². The van der Waals surface area contributed by atoms with Gasteiger partial charge in [-0.1, -0.05) is 6.08 Å². The van der Waals surface area contributed by atoms with E-state index >= 15 is 0 Å². The van der Waals surface area contributed by atoms with Crippen molar-refractivity contribution in [3.8, 4) is 0 Å². The topological polar surface area (TPSA) is 50.9 Å². The molecule has 3 N–H and O–H groups in total. The first kappa shape index (κ1) is 8.26. The van der Waals surface area contributed by atoms with Crippen LogP contribution in [0, 0.1) is 0 Å². The van der Waals surface area contributed by atoms with Crippen LogP contribution in [0.5, 0.6) is 0 Å². The normalized spacial score (nSPS) is 13.6. The zero-order valence-corrected chi connectivity index (χ0v) is 7.46. The van der Waals surface area contributed by atoms with E-state index in [1.807, 2.05) is 12.1 Å². The van der Waals surface area contributed by atoms with Crippen LogP contribution in [0.15, 0.2) is 18.2 Å². The molecule has 0 fully saturated rings. The van der Waals surface area contributed by atoms with Crippen LogP contribution in [0.4, 0.5) is 5.69 Å². The molecule has 0 radical (unpaired) electrons. The van der Waals surface area contributed by atoms with Gasteiger partial charge in [0.05, 0.1) is 11.4 Å². The summed E-state index contributed by atoms with van der Waals surface area (Å²) < 4.78 is 0. The Hall–Kier alpha value is -1.35. The van der Waals surface area contributed by atoms with Gasteiger partial charge in [-0.3, -0.25) is 4.98 Å². The Kier molecular flexibility index (Phi) is 2.27. The second kappa shape index (κ2) is 3.58. The first-order chi connectivity index (χ1) is 6.40. The van der Waals surface area contributed by atoms with Gasteiger partial charge in [-0.15, -0.1) is 0 Å². The van der Waals surface area contributed by atoms with Crippen molar-refractivity contribution >= 4 is 11.8 Å². The van der Waals surface area contributed by atoms with Gasteiger partial charge in [0, 0.05) is 18.7 Å². The summed E-state index contributed by atoms with van der Waals surface area (Å²) in [7, 11) is 0. The standard InChI is InChI=1S/C10H13N3/c11-6-5-8-3-4-9-10(13-8)2-1-7-12-9/h1-4,12H,5-7,11H2. The number of hydrogen-bond acceptors (Lipinski definition) is 3. The molecule has 1 aromatic heterocycles. The average Bonchev–Trinajstić information content (AvgIpc) is 2.18. The fraction of sp³-hybridized carbons (Fsp3) is 0.300. The van der Waals surface area contributed by atoms with Crippen molar-refractivity contribution in [1.82, 2.24) is 4.98 Å². The minimum atomic E-state index is 0.656. The Labute approximate surface area is 77.7 Å². The largest absolute Gasteiger partial charge is 0.380 e. The lowest BCUT2D eigenvalue weighted by molar-refractivity contribution is 0.919. The van der Waals surface area contributed by atoms with Crippen molar-refractivity contribution in [1.29, 1.82) is 0 Å². The van der Waals surface area contributed by atoms with Gasteiger partial charge < -0.3 is 11.1 Å². The number of hydrogen-bond donors (Lipinski definition) is 2. The molecule has 0 spiro atoms. The third-order valence-corrected chi connectivity index (χ3v) is 2.07. The van der Waals surface area contributed by atoms with Crippen LogP contribution in [0.25, 0.3) is 6.08 Å². The zero-order chi connectivity index (χ0) is 9.10. The monoisotopic (exact) mass is 175 g/mol. The molecule has 0 amide bonds. The lowest BCUT2D eigenvalue weighted by Crippen LogP contribution is -2.09. The predicted molar refractivity (Wildman–Crippen MR) is 54.5 cm³/mol. The zero-order valence-electron chi connectivity index (χ0n) is 7.46. The third kappa shape index (κ3) is 1.70. The first-order valence-electron chi connectivity index (χ1n) is 4.50. The number of nitrogens with zero attached hydrogens (tertiary/aromatic N) is 1. The predicted octanol–water partition coefficient (Wildman–Crippen LogP) is 1.02. The molecule has 0 saturated carbocycles. The number of rotatable bonds is 2. The molecule has 0 saturated heterocycles. The molecule has 68 valence electrons. The van der Waals surface area contributed by atoms with Crippen LogP contribution >= 0.6 is 0 Å². The molecule has 1 aromatic rings. The highest BCUT2D eigenvalue weighted by Gasteiger charge is 2.04. The van der Waals surface area contributed by atoms with Crippen molar-refractivity contribution in [2.45, 2.75) is 6.42 Å². The summed E-state index contributed by atoms with van der Waals surface area (Å²) in [6.07, 6.45) is 4.97. The molecule has 0 aromatic carbocycles. The first-order valence-corrected chi connectivity index (χ1v) is 4.50. The van der Waals surface area contributed by atoms with E-state index in [4.69, 9.17) is 5.73 Å². The van der Waals surface area contributed by atoms with Gasteiger partial charge in [-0.25, -0.2) is 0 Å². The van der Waals surface area contributed by atoms with E-state index in [9.17, 15) is 0 Å². The highest BCUT2D eigenvalue weighted by molar-refractivity contribution is 5.66. The summed E-state index contributed by atoms with van der Waals surface area (Å²) >= 11 is 0. The number of aromatic nitrogens is 1. The van der Waals surface area contributed by atoms with Crippen molar-refractivity contribution in [2.75, 3.05) is 18.4 Å². The van der Waals surface area contributed by atoms with Gasteiger partial charge in [0.25, 0.3) is 0 Å². The van der Waals surface area contributed by atoms with Gasteiger partial charge in [0.2, 0.25) is 0 Å². The summed E-state index contributed by atoms with van der Waals surface area (Å²) in [5, 5.41) is 3.25.